The Morgan fingerprint density at radius 3 is 2.35 bits per heavy atom. The van der Waals surface area contributed by atoms with E-state index in [9.17, 15) is 8.78 Å². The summed E-state index contributed by atoms with van der Waals surface area (Å²) < 4.78 is 24.9. The topological polar surface area (TPSA) is 23.5 Å². The van der Waals surface area contributed by atoms with Crippen molar-refractivity contribution in [2.45, 2.75) is 38.5 Å². The van der Waals surface area contributed by atoms with Crippen LogP contribution in [0.2, 0.25) is 0 Å². The first-order valence-electron chi connectivity index (χ1n) is 6.29. The van der Waals surface area contributed by atoms with Crippen molar-refractivity contribution in [2.75, 3.05) is 31.6 Å². The Hall–Kier alpha value is 0.260. The summed E-state index contributed by atoms with van der Waals surface area (Å²) in [5.41, 5.74) is 0.127. The Morgan fingerprint density at radius 2 is 1.88 bits per heavy atom. The summed E-state index contributed by atoms with van der Waals surface area (Å²) in [6.45, 7) is 0.739. The van der Waals surface area contributed by atoms with Gasteiger partial charge in [0.2, 0.25) is 0 Å². The number of hydrogen-bond donors (Lipinski definition) is 1. The predicted octanol–water partition coefficient (Wildman–Crippen LogP) is 2.89. The summed E-state index contributed by atoms with van der Waals surface area (Å²) in [7, 11) is 0. The molecule has 0 aromatic rings. The van der Waals surface area contributed by atoms with E-state index in [4.69, 9.17) is 5.11 Å². The molecule has 1 aliphatic rings. The molecule has 1 fully saturated rings. The van der Waals surface area contributed by atoms with Crippen LogP contribution in [-0.2, 0) is 0 Å². The van der Waals surface area contributed by atoms with E-state index in [1.807, 2.05) is 0 Å². The van der Waals surface area contributed by atoms with Crippen LogP contribution in [0.15, 0.2) is 0 Å². The van der Waals surface area contributed by atoms with Crippen molar-refractivity contribution in [1.82, 2.24) is 4.90 Å². The molecule has 0 aliphatic heterocycles. The summed E-state index contributed by atoms with van der Waals surface area (Å²) >= 11 is 3.54. The summed E-state index contributed by atoms with van der Waals surface area (Å²) in [6, 6.07) is 0. The van der Waals surface area contributed by atoms with Gasteiger partial charge < -0.3 is 5.11 Å². The third-order valence-corrected chi connectivity index (χ3v) is 4.76. The lowest BCUT2D eigenvalue weighted by Crippen LogP contribution is -2.43. The van der Waals surface area contributed by atoms with Gasteiger partial charge in [-0.3, -0.25) is 4.90 Å². The Bertz CT molecular complexity index is 211. The van der Waals surface area contributed by atoms with Crippen molar-refractivity contribution in [3.63, 3.8) is 0 Å². The molecular formula is C12H22BrF2NO. The molecule has 0 unspecified atom stereocenters. The molecule has 0 aromatic carbocycles. The van der Waals surface area contributed by atoms with Crippen LogP contribution >= 0.6 is 15.9 Å². The van der Waals surface area contributed by atoms with Crippen LogP contribution in [0.25, 0.3) is 0 Å². The van der Waals surface area contributed by atoms with Crippen LogP contribution in [0.3, 0.4) is 0 Å². The normalized spacial score (nSPS) is 20.1. The summed E-state index contributed by atoms with van der Waals surface area (Å²) in [4.78, 5) is 1.71. The van der Waals surface area contributed by atoms with Crippen molar-refractivity contribution in [3.05, 3.63) is 0 Å². The highest BCUT2D eigenvalue weighted by Gasteiger charge is 2.33. The van der Waals surface area contributed by atoms with Gasteiger partial charge in [0.25, 0.3) is 6.43 Å². The maximum absolute atomic E-state index is 12.5. The van der Waals surface area contributed by atoms with Gasteiger partial charge in [0.05, 0.1) is 13.2 Å². The fourth-order valence-electron chi connectivity index (χ4n) is 2.68. The zero-order valence-electron chi connectivity index (χ0n) is 10.2. The van der Waals surface area contributed by atoms with E-state index in [2.05, 4.69) is 15.9 Å². The van der Waals surface area contributed by atoms with Gasteiger partial charge in [-0.1, -0.05) is 35.2 Å². The zero-order chi connectivity index (χ0) is 12.7. The first kappa shape index (κ1) is 15.3. The van der Waals surface area contributed by atoms with Gasteiger partial charge in [-0.15, -0.1) is 0 Å². The molecule has 17 heavy (non-hydrogen) atoms. The maximum Gasteiger partial charge on any atom is 0.251 e. The van der Waals surface area contributed by atoms with Crippen LogP contribution in [-0.4, -0.2) is 48.0 Å². The molecule has 5 heteroatoms. The van der Waals surface area contributed by atoms with Gasteiger partial charge in [-0.05, 0) is 18.3 Å². The van der Waals surface area contributed by atoms with E-state index in [0.29, 0.717) is 13.1 Å². The van der Waals surface area contributed by atoms with Gasteiger partial charge in [0, 0.05) is 18.4 Å². The molecule has 0 amide bonds. The number of halogens is 3. The molecule has 1 rings (SSSR count). The molecule has 1 N–H and O–H groups in total. The molecule has 0 atom stereocenters. The Morgan fingerprint density at radius 1 is 1.24 bits per heavy atom. The van der Waals surface area contributed by atoms with Crippen molar-refractivity contribution in [1.29, 1.82) is 0 Å². The van der Waals surface area contributed by atoms with Crippen LogP contribution in [0.4, 0.5) is 8.78 Å². The highest BCUT2D eigenvalue weighted by molar-refractivity contribution is 9.09. The summed E-state index contributed by atoms with van der Waals surface area (Å²) in [5.74, 6) is 0. The number of alkyl halides is 3. The minimum atomic E-state index is -2.32. The maximum atomic E-state index is 12.5. The average Bonchev–Trinajstić information content (AvgIpc) is 2.29. The molecule has 1 saturated carbocycles. The summed E-state index contributed by atoms with van der Waals surface area (Å²) in [5, 5.41) is 9.80. The zero-order valence-corrected chi connectivity index (χ0v) is 11.8. The molecule has 2 nitrogen and oxygen atoms in total. The van der Waals surface area contributed by atoms with Gasteiger partial charge in [0.15, 0.2) is 0 Å². The number of nitrogens with zero attached hydrogens (tertiary/aromatic N) is 1. The second-order valence-corrected chi connectivity index (χ2v) is 5.60. The lowest BCUT2D eigenvalue weighted by atomic mass is 9.75. The van der Waals surface area contributed by atoms with E-state index in [-0.39, 0.29) is 18.6 Å². The number of aliphatic hydroxyl groups is 1. The van der Waals surface area contributed by atoms with Crippen LogP contribution in [0.5, 0.6) is 0 Å². The van der Waals surface area contributed by atoms with Crippen molar-refractivity contribution < 1.29 is 13.9 Å². The molecule has 0 aromatic heterocycles. The molecule has 0 radical (unpaired) electrons. The molecular weight excluding hydrogens is 292 g/mol. The van der Waals surface area contributed by atoms with E-state index >= 15 is 0 Å². The molecule has 0 saturated heterocycles. The second-order valence-electron chi connectivity index (χ2n) is 5.04. The van der Waals surface area contributed by atoms with Crippen LogP contribution in [0, 0.1) is 5.41 Å². The van der Waals surface area contributed by atoms with Crippen LogP contribution < -0.4 is 0 Å². The van der Waals surface area contributed by atoms with E-state index in [1.54, 1.807) is 4.90 Å². The lowest BCUT2D eigenvalue weighted by Gasteiger charge is -2.40. The molecule has 1 aliphatic carbocycles. The smallest absolute Gasteiger partial charge is 0.251 e. The lowest BCUT2D eigenvalue weighted by molar-refractivity contribution is 0.0459. The minimum Gasteiger partial charge on any atom is -0.395 e. The number of rotatable bonds is 7. The Kier molecular flexibility index (Phi) is 6.89. The van der Waals surface area contributed by atoms with E-state index in [0.717, 1.165) is 18.2 Å². The Labute approximate surface area is 111 Å². The van der Waals surface area contributed by atoms with Crippen molar-refractivity contribution in [2.24, 2.45) is 5.41 Å². The standard InChI is InChI=1S/C12H22BrF2NO/c13-9-12(4-2-1-3-5-12)10-16(6-7-17)8-11(14)15/h11,17H,1-10H2. The second kappa shape index (κ2) is 7.64. The van der Waals surface area contributed by atoms with Gasteiger partial charge in [-0.2, -0.15) is 0 Å². The monoisotopic (exact) mass is 313 g/mol. The third kappa shape index (κ3) is 5.18. The fraction of sp³-hybridized carbons (Fsp3) is 1.00. The third-order valence-electron chi connectivity index (χ3n) is 3.57. The number of hydrogen-bond acceptors (Lipinski definition) is 2. The first-order chi connectivity index (χ1) is 8.12. The average molecular weight is 314 g/mol. The van der Waals surface area contributed by atoms with Gasteiger partial charge in [0.1, 0.15) is 0 Å². The summed E-state index contributed by atoms with van der Waals surface area (Å²) in [6.07, 6.45) is 3.51. The van der Waals surface area contributed by atoms with Crippen molar-refractivity contribution >= 4 is 15.9 Å². The van der Waals surface area contributed by atoms with E-state index < -0.39 is 6.43 Å². The van der Waals surface area contributed by atoms with E-state index in [1.165, 1.54) is 19.3 Å². The minimum absolute atomic E-state index is 0.0505. The highest BCUT2D eigenvalue weighted by atomic mass is 79.9. The molecule has 0 bridgehead atoms. The first-order valence-corrected chi connectivity index (χ1v) is 7.41. The SMILES string of the molecule is OCCN(CC(F)F)CC1(CBr)CCCCC1. The quantitative estimate of drug-likeness (QED) is 0.731. The Balaban J connectivity index is 2.55. The fourth-order valence-corrected chi connectivity index (χ4v) is 3.42. The van der Waals surface area contributed by atoms with Crippen molar-refractivity contribution in [3.8, 4) is 0 Å². The van der Waals surface area contributed by atoms with Crippen LogP contribution in [0.1, 0.15) is 32.1 Å². The van der Waals surface area contributed by atoms with Gasteiger partial charge >= 0.3 is 0 Å². The molecule has 102 valence electrons. The molecule has 0 spiro atoms. The predicted molar refractivity (Wildman–Crippen MR) is 68.8 cm³/mol. The highest BCUT2D eigenvalue weighted by Crippen LogP contribution is 2.38. The largest absolute Gasteiger partial charge is 0.395 e. The van der Waals surface area contributed by atoms with Gasteiger partial charge in [-0.25, -0.2) is 8.78 Å². The molecule has 0 heterocycles. The number of aliphatic hydroxyl groups excluding tert-OH is 1.